The Morgan fingerprint density at radius 3 is 2.61 bits per heavy atom. The lowest BCUT2D eigenvalue weighted by Gasteiger charge is -2.36. The molecule has 2 N–H and O–H groups in total. The van der Waals surface area contributed by atoms with Crippen molar-refractivity contribution in [3.05, 3.63) is 48.5 Å². The fourth-order valence-corrected chi connectivity index (χ4v) is 4.42. The molecule has 8 nitrogen and oxygen atoms in total. The van der Waals surface area contributed by atoms with Crippen molar-refractivity contribution < 1.29 is 13.6 Å². The summed E-state index contributed by atoms with van der Waals surface area (Å²) < 4.78 is 19.5. The van der Waals surface area contributed by atoms with Crippen molar-refractivity contribution in [3.63, 3.8) is 0 Å². The molecule has 0 aliphatic carbocycles. The molecular formula is C24H29FN6O2. The van der Waals surface area contributed by atoms with E-state index in [1.165, 1.54) is 0 Å². The molecule has 4 heterocycles. The third-order valence-corrected chi connectivity index (χ3v) is 6.48. The van der Waals surface area contributed by atoms with E-state index in [0.29, 0.717) is 37.4 Å². The Labute approximate surface area is 192 Å². The van der Waals surface area contributed by atoms with Gasteiger partial charge in [-0.2, -0.15) is 5.10 Å². The number of H-pyrrole nitrogens is 1. The first-order chi connectivity index (χ1) is 16.1. The van der Waals surface area contributed by atoms with Gasteiger partial charge in [-0.1, -0.05) is 0 Å². The zero-order chi connectivity index (χ0) is 22.8. The number of likely N-dealkylation sites (N-methyl/N-ethyl adjacent to an activating group) is 1. The van der Waals surface area contributed by atoms with Crippen molar-refractivity contribution in [1.29, 1.82) is 0 Å². The zero-order valence-corrected chi connectivity index (χ0v) is 18.8. The second-order valence-electron chi connectivity index (χ2n) is 8.76. The standard InChI is InChI=1S/C24H29FN6O2/c1-29-10-12-30(13-11-29)19-2-3-20(21(14-19)31-8-6-18(25)7-9-31)28-24(32)23-5-4-22(33-23)17-15-26-27-16-17/h2-5,14-16,18H,6-13H2,1H3,(H,26,27)(H,28,32). The first kappa shape index (κ1) is 21.5. The number of halogens is 1. The number of nitrogens with zero attached hydrogens (tertiary/aromatic N) is 4. The summed E-state index contributed by atoms with van der Waals surface area (Å²) in [4.78, 5) is 19.8. The average Bonchev–Trinajstić information content (AvgIpc) is 3.53. The number of rotatable bonds is 5. The van der Waals surface area contributed by atoms with Crippen LogP contribution in [0.25, 0.3) is 11.3 Å². The highest BCUT2D eigenvalue weighted by Crippen LogP contribution is 2.34. The van der Waals surface area contributed by atoms with Gasteiger partial charge < -0.3 is 24.4 Å². The Morgan fingerprint density at radius 2 is 1.88 bits per heavy atom. The second-order valence-corrected chi connectivity index (χ2v) is 8.76. The summed E-state index contributed by atoms with van der Waals surface area (Å²) in [5.41, 5.74) is 3.53. The van der Waals surface area contributed by atoms with Crippen molar-refractivity contribution in [2.24, 2.45) is 0 Å². The number of nitrogens with one attached hydrogen (secondary N) is 2. The predicted molar refractivity (Wildman–Crippen MR) is 127 cm³/mol. The molecule has 3 aromatic rings. The summed E-state index contributed by atoms with van der Waals surface area (Å²) in [6.07, 6.45) is 3.59. The Balaban J connectivity index is 1.39. The van der Waals surface area contributed by atoms with E-state index in [-0.39, 0.29) is 11.7 Å². The number of alkyl halides is 1. The van der Waals surface area contributed by atoms with E-state index in [0.717, 1.165) is 43.1 Å². The molecule has 1 aromatic carbocycles. The van der Waals surface area contributed by atoms with E-state index in [1.807, 2.05) is 12.1 Å². The van der Waals surface area contributed by atoms with E-state index in [1.54, 1.807) is 24.5 Å². The van der Waals surface area contributed by atoms with E-state index < -0.39 is 6.17 Å². The van der Waals surface area contributed by atoms with Crippen LogP contribution in [0.5, 0.6) is 0 Å². The van der Waals surface area contributed by atoms with E-state index in [4.69, 9.17) is 4.42 Å². The van der Waals surface area contributed by atoms with E-state index in [2.05, 4.69) is 43.3 Å². The molecule has 2 aromatic heterocycles. The van der Waals surface area contributed by atoms with Gasteiger partial charge in [-0.25, -0.2) is 4.39 Å². The van der Waals surface area contributed by atoms with Crippen molar-refractivity contribution in [1.82, 2.24) is 15.1 Å². The van der Waals surface area contributed by atoms with Crippen molar-refractivity contribution >= 4 is 23.0 Å². The lowest BCUT2D eigenvalue weighted by atomic mass is 10.1. The molecule has 0 bridgehead atoms. The number of carbonyl (C=O) groups is 1. The van der Waals surface area contributed by atoms with Gasteiger partial charge in [0, 0.05) is 51.2 Å². The van der Waals surface area contributed by atoms with Crippen LogP contribution >= 0.6 is 0 Å². The van der Waals surface area contributed by atoms with Gasteiger partial charge in [-0.05, 0) is 50.2 Å². The number of hydrogen-bond acceptors (Lipinski definition) is 6. The number of furan rings is 1. The number of carbonyl (C=O) groups excluding carboxylic acids is 1. The Kier molecular flexibility index (Phi) is 6.04. The van der Waals surface area contributed by atoms with Crippen LogP contribution < -0.4 is 15.1 Å². The quantitative estimate of drug-likeness (QED) is 0.616. The molecule has 1 amide bonds. The molecule has 0 saturated carbocycles. The van der Waals surface area contributed by atoms with Gasteiger partial charge in [0.2, 0.25) is 0 Å². The number of benzene rings is 1. The molecule has 2 saturated heterocycles. The molecule has 2 aliphatic rings. The fraction of sp³-hybridized carbons (Fsp3) is 0.417. The van der Waals surface area contributed by atoms with Gasteiger partial charge in [0.1, 0.15) is 11.9 Å². The summed E-state index contributed by atoms with van der Waals surface area (Å²) in [5.74, 6) is 0.478. The number of aromatic amines is 1. The first-order valence-electron chi connectivity index (χ1n) is 11.4. The number of amides is 1. The van der Waals surface area contributed by atoms with Crippen LogP contribution in [0.4, 0.5) is 21.5 Å². The fourth-order valence-electron chi connectivity index (χ4n) is 4.42. The number of hydrogen-bond donors (Lipinski definition) is 2. The van der Waals surface area contributed by atoms with Gasteiger partial charge in [0.05, 0.1) is 23.1 Å². The van der Waals surface area contributed by atoms with Crippen LogP contribution in [-0.2, 0) is 0 Å². The number of aromatic nitrogens is 2. The summed E-state index contributed by atoms with van der Waals surface area (Å²) in [6.45, 7) is 5.19. The molecule has 9 heteroatoms. The molecule has 0 spiro atoms. The zero-order valence-electron chi connectivity index (χ0n) is 18.8. The molecule has 5 rings (SSSR count). The highest BCUT2D eigenvalue weighted by atomic mass is 19.1. The SMILES string of the molecule is CN1CCN(c2ccc(NC(=O)c3ccc(-c4cn[nH]c4)o3)c(N3CCC(F)CC3)c2)CC1. The minimum absolute atomic E-state index is 0.225. The Morgan fingerprint density at radius 1 is 1.09 bits per heavy atom. The predicted octanol–water partition coefficient (Wildman–Crippen LogP) is 3.61. The van der Waals surface area contributed by atoms with Crippen molar-refractivity contribution in [2.75, 3.05) is 61.4 Å². The molecule has 0 atom stereocenters. The Hall–Kier alpha value is -3.33. The van der Waals surface area contributed by atoms with Gasteiger partial charge in [-0.3, -0.25) is 9.89 Å². The van der Waals surface area contributed by atoms with Gasteiger partial charge in [0.25, 0.3) is 5.91 Å². The minimum Gasteiger partial charge on any atom is -0.451 e. The Bertz CT molecular complexity index is 1080. The lowest BCUT2D eigenvalue weighted by Crippen LogP contribution is -2.44. The van der Waals surface area contributed by atoms with Gasteiger partial charge >= 0.3 is 0 Å². The molecule has 0 radical (unpaired) electrons. The van der Waals surface area contributed by atoms with E-state index in [9.17, 15) is 9.18 Å². The molecule has 2 fully saturated rings. The topological polar surface area (TPSA) is 80.6 Å². The maximum absolute atomic E-state index is 13.8. The van der Waals surface area contributed by atoms with Crippen LogP contribution in [0.15, 0.2) is 47.1 Å². The summed E-state index contributed by atoms with van der Waals surface area (Å²) in [5, 5.41) is 9.67. The highest BCUT2D eigenvalue weighted by Gasteiger charge is 2.24. The largest absolute Gasteiger partial charge is 0.451 e. The smallest absolute Gasteiger partial charge is 0.291 e. The number of piperidine rings is 1. The van der Waals surface area contributed by atoms with E-state index >= 15 is 0 Å². The number of piperazine rings is 1. The van der Waals surface area contributed by atoms with Crippen molar-refractivity contribution in [2.45, 2.75) is 19.0 Å². The highest BCUT2D eigenvalue weighted by molar-refractivity contribution is 6.04. The lowest BCUT2D eigenvalue weighted by molar-refractivity contribution is 0.0997. The number of anilines is 3. The second kappa shape index (κ2) is 9.27. The maximum atomic E-state index is 13.8. The maximum Gasteiger partial charge on any atom is 0.291 e. The monoisotopic (exact) mass is 452 g/mol. The van der Waals surface area contributed by atoms with Gasteiger partial charge in [-0.15, -0.1) is 0 Å². The van der Waals surface area contributed by atoms with Gasteiger partial charge in [0.15, 0.2) is 5.76 Å². The van der Waals surface area contributed by atoms with Crippen LogP contribution in [0.1, 0.15) is 23.4 Å². The summed E-state index contributed by atoms with van der Waals surface area (Å²) >= 11 is 0. The van der Waals surface area contributed by atoms with Crippen LogP contribution in [-0.4, -0.2) is 73.5 Å². The van der Waals surface area contributed by atoms with Crippen LogP contribution in [0, 0.1) is 0 Å². The summed E-state index contributed by atoms with van der Waals surface area (Å²) in [6, 6.07) is 9.53. The van der Waals surface area contributed by atoms with Crippen LogP contribution in [0.2, 0.25) is 0 Å². The molecule has 2 aliphatic heterocycles. The first-order valence-corrected chi connectivity index (χ1v) is 11.4. The third kappa shape index (κ3) is 4.73. The summed E-state index contributed by atoms with van der Waals surface area (Å²) in [7, 11) is 2.13. The molecular weight excluding hydrogens is 423 g/mol. The molecule has 0 unspecified atom stereocenters. The minimum atomic E-state index is -0.760. The van der Waals surface area contributed by atoms with Crippen molar-refractivity contribution in [3.8, 4) is 11.3 Å². The molecule has 174 valence electrons. The normalized spacial score (nSPS) is 18.0. The molecule has 33 heavy (non-hydrogen) atoms. The van der Waals surface area contributed by atoms with Crippen LogP contribution in [0.3, 0.4) is 0 Å². The average molecular weight is 453 g/mol. The third-order valence-electron chi connectivity index (χ3n) is 6.48.